The molecule has 1 N–H and O–H groups in total. The third-order valence-corrected chi connectivity index (χ3v) is 3.64. The van der Waals surface area contributed by atoms with Crippen LogP contribution in [-0.4, -0.2) is 52.7 Å². The SMILES string of the molecule is CC(CO)N(C)C(=O)N1C(C)CCCC1C. The molecule has 3 unspecified atom stereocenters. The van der Waals surface area contributed by atoms with Gasteiger partial charge in [-0.15, -0.1) is 0 Å². The van der Waals surface area contributed by atoms with E-state index in [1.165, 1.54) is 6.42 Å². The zero-order chi connectivity index (χ0) is 12.3. The Bertz CT molecular complexity index is 235. The summed E-state index contributed by atoms with van der Waals surface area (Å²) in [6.45, 7) is 6.08. The lowest BCUT2D eigenvalue weighted by molar-refractivity contribution is 0.0800. The third kappa shape index (κ3) is 2.67. The molecule has 1 heterocycles. The van der Waals surface area contributed by atoms with E-state index < -0.39 is 0 Å². The summed E-state index contributed by atoms with van der Waals surface area (Å²) >= 11 is 0. The molecular formula is C12H24N2O2. The minimum Gasteiger partial charge on any atom is -0.394 e. The number of likely N-dealkylation sites (tertiary alicyclic amines) is 1. The molecule has 94 valence electrons. The van der Waals surface area contributed by atoms with E-state index in [0.29, 0.717) is 12.1 Å². The average molecular weight is 228 g/mol. The second-order valence-corrected chi connectivity index (χ2v) is 4.96. The monoisotopic (exact) mass is 228 g/mol. The zero-order valence-corrected chi connectivity index (χ0v) is 10.8. The molecule has 1 saturated heterocycles. The minimum absolute atomic E-state index is 0.0127. The van der Waals surface area contributed by atoms with Gasteiger partial charge in [0.1, 0.15) is 0 Å². The molecule has 0 bridgehead atoms. The fraction of sp³-hybridized carbons (Fsp3) is 0.917. The molecule has 0 aromatic rings. The van der Waals surface area contributed by atoms with E-state index in [9.17, 15) is 4.79 Å². The first-order valence-electron chi connectivity index (χ1n) is 6.15. The van der Waals surface area contributed by atoms with E-state index in [-0.39, 0.29) is 18.7 Å². The molecule has 0 aromatic carbocycles. The van der Waals surface area contributed by atoms with Crippen molar-refractivity contribution in [3.63, 3.8) is 0 Å². The number of piperidine rings is 1. The Labute approximate surface area is 98.2 Å². The molecule has 3 atom stereocenters. The fourth-order valence-electron chi connectivity index (χ4n) is 2.29. The van der Waals surface area contributed by atoms with Gasteiger partial charge >= 0.3 is 6.03 Å². The van der Waals surface area contributed by atoms with Gasteiger partial charge in [0.2, 0.25) is 0 Å². The molecular weight excluding hydrogens is 204 g/mol. The van der Waals surface area contributed by atoms with E-state index in [1.54, 1.807) is 11.9 Å². The molecule has 0 aromatic heterocycles. The van der Waals surface area contributed by atoms with Crippen molar-refractivity contribution in [1.82, 2.24) is 9.80 Å². The zero-order valence-electron chi connectivity index (χ0n) is 10.8. The number of aliphatic hydroxyl groups is 1. The predicted molar refractivity (Wildman–Crippen MR) is 64.3 cm³/mol. The molecule has 4 nitrogen and oxygen atoms in total. The Hall–Kier alpha value is -0.770. The Morgan fingerprint density at radius 3 is 2.38 bits per heavy atom. The lowest BCUT2D eigenvalue weighted by Crippen LogP contribution is -2.54. The molecule has 0 spiro atoms. The lowest BCUT2D eigenvalue weighted by Gasteiger charge is -2.42. The van der Waals surface area contributed by atoms with Crippen molar-refractivity contribution in [2.75, 3.05) is 13.7 Å². The van der Waals surface area contributed by atoms with Gasteiger partial charge in [-0.3, -0.25) is 0 Å². The summed E-state index contributed by atoms with van der Waals surface area (Å²) in [6, 6.07) is 0.546. The van der Waals surface area contributed by atoms with Gasteiger partial charge in [-0.1, -0.05) is 0 Å². The van der Waals surface area contributed by atoms with Crippen LogP contribution in [0.4, 0.5) is 4.79 Å². The second kappa shape index (κ2) is 5.53. The second-order valence-electron chi connectivity index (χ2n) is 4.96. The first-order valence-corrected chi connectivity index (χ1v) is 6.15. The van der Waals surface area contributed by atoms with Crippen LogP contribution in [0.1, 0.15) is 40.0 Å². The summed E-state index contributed by atoms with van der Waals surface area (Å²) in [5.74, 6) is 0. The van der Waals surface area contributed by atoms with Crippen molar-refractivity contribution in [2.45, 2.75) is 58.2 Å². The number of carbonyl (C=O) groups excluding carboxylic acids is 1. The highest BCUT2D eigenvalue weighted by Crippen LogP contribution is 2.23. The van der Waals surface area contributed by atoms with E-state index >= 15 is 0 Å². The topological polar surface area (TPSA) is 43.8 Å². The molecule has 0 aliphatic carbocycles. The van der Waals surface area contributed by atoms with E-state index in [2.05, 4.69) is 13.8 Å². The van der Waals surface area contributed by atoms with Crippen LogP contribution in [0, 0.1) is 0 Å². The van der Waals surface area contributed by atoms with Gasteiger partial charge in [-0.05, 0) is 40.0 Å². The van der Waals surface area contributed by atoms with E-state index in [4.69, 9.17) is 5.11 Å². The highest BCUT2D eigenvalue weighted by molar-refractivity contribution is 5.75. The Morgan fingerprint density at radius 2 is 1.94 bits per heavy atom. The first kappa shape index (κ1) is 13.3. The van der Waals surface area contributed by atoms with Crippen molar-refractivity contribution >= 4 is 6.03 Å². The van der Waals surface area contributed by atoms with Crippen LogP contribution in [-0.2, 0) is 0 Å². The number of carbonyl (C=O) groups is 1. The number of likely N-dealkylation sites (N-methyl/N-ethyl adjacent to an activating group) is 1. The van der Waals surface area contributed by atoms with Gasteiger partial charge in [0.25, 0.3) is 0 Å². The van der Waals surface area contributed by atoms with Crippen LogP contribution in [0.2, 0.25) is 0 Å². The maximum atomic E-state index is 12.3. The summed E-state index contributed by atoms with van der Waals surface area (Å²) < 4.78 is 0. The van der Waals surface area contributed by atoms with Crippen molar-refractivity contribution in [1.29, 1.82) is 0 Å². The third-order valence-electron chi connectivity index (χ3n) is 3.64. The Morgan fingerprint density at radius 1 is 1.44 bits per heavy atom. The van der Waals surface area contributed by atoms with Crippen LogP contribution in [0.25, 0.3) is 0 Å². The van der Waals surface area contributed by atoms with Gasteiger partial charge in [0, 0.05) is 19.1 Å². The summed E-state index contributed by atoms with van der Waals surface area (Å²) in [7, 11) is 1.76. The molecule has 2 amide bonds. The van der Waals surface area contributed by atoms with Gasteiger partial charge in [0.15, 0.2) is 0 Å². The summed E-state index contributed by atoms with van der Waals surface area (Å²) in [5.41, 5.74) is 0. The number of hydrogen-bond acceptors (Lipinski definition) is 2. The van der Waals surface area contributed by atoms with Crippen LogP contribution >= 0.6 is 0 Å². The van der Waals surface area contributed by atoms with Gasteiger partial charge in [0.05, 0.1) is 12.6 Å². The van der Waals surface area contributed by atoms with Crippen molar-refractivity contribution < 1.29 is 9.90 Å². The number of nitrogens with zero attached hydrogens (tertiary/aromatic N) is 2. The highest BCUT2D eigenvalue weighted by atomic mass is 16.3. The number of aliphatic hydroxyl groups excluding tert-OH is 1. The van der Waals surface area contributed by atoms with Crippen molar-refractivity contribution in [2.24, 2.45) is 0 Å². The fourth-order valence-corrected chi connectivity index (χ4v) is 2.29. The Kier molecular flexibility index (Phi) is 4.59. The Balaban J connectivity index is 2.70. The lowest BCUT2D eigenvalue weighted by atomic mass is 9.98. The van der Waals surface area contributed by atoms with Crippen LogP contribution < -0.4 is 0 Å². The van der Waals surface area contributed by atoms with Gasteiger partial charge in [-0.2, -0.15) is 0 Å². The van der Waals surface area contributed by atoms with Crippen LogP contribution in [0.3, 0.4) is 0 Å². The normalized spacial score (nSPS) is 27.7. The van der Waals surface area contributed by atoms with E-state index in [0.717, 1.165) is 12.8 Å². The number of hydrogen-bond donors (Lipinski definition) is 1. The highest BCUT2D eigenvalue weighted by Gasteiger charge is 2.31. The quantitative estimate of drug-likeness (QED) is 0.781. The molecule has 16 heavy (non-hydrogen) atoms. The largest absolute Gasteiger partial charge is 0.394 e. The number of urea groups is 1. The standard InChI is InChI=1S/C12H24N2O2/c1-9-6-5-7-10(2)14(9)12(16)13(4)11(3)8-15/h9-11,15H,5-8H2,1-4H3. The van der Waals surface area contributed by atoms with Crippen molar-refractivity contribution in [3.05, 3.63) is 0 Å². The minimum atomic E-state index is -0.117. The smallest absolute Gasteiger partial charge is 0.320 e. The average Bonchev–Trinajstić information content (AvgIpc) is 2.26. The molecule has 1 aliphatic rings. The maximum Gasteiger partial charge on any atom is 0.320 e. The molecule has 4 heteroatoms. The number of rotatable bonds is 2. The van der Waals surface area contributed by atoms with Gasteiger partial charge < -0.3 is 14.9 Å². The molecule has 1 fully saturated rings. The summed E-state index contributed by atoms with van der Waals surface area (Å²) in [4.78, 5) is 15.9. The van der Waals surface area contributed by atoms with Crippen LogP contribution in [0.15, 0.2) is 0 Å². The molecule has 0 saturated carbocycles. The van der Waals surface area contributed by atoms with Crippen molar-refractivity contribution in [3.8, 4) is 0 Å². The molecule has 0 radical (unpaired) electrons. The van der Waals surface area contributed by atoms with E-state index in [1.807, 2.05) is 11.8 Å². The molecule has 1 aliphatic heterocycles. The predicted octanol–water partition coefficient (Wildman–Crippen LogP) is 1.68. The van der Waals surface area contributed by atoms with Gasteiger partial charge in [-0.25, -0.2) is 4.79 Å². The first-order chi connectivity index (χ1) is 7.49. The number of amides is 2. The summed E-state index contributed by atoms with van der Waals surface area (Å²) in [5, 5.41) is 9.07. The maximum absolute atomic E-state index is 12.3. The molecule has 1 rings (SSSR count). The summed E-state index contributed by atoms with van der Waals surface area (Å²) in [6.07, 6.45) is 3.36. The van der Waals surface area contributed by atoms with Crippen LogP contribution in [0.5, 0.6) is 0 Å².